The monoisotopic (exact) mass is 572 g/mol. The lowest BCUT2D eigenvalue weighted by Crippen LogP contribution is -2.58. The van der Waals surface area contributed by atoms with E-state index in [1.807, 2.05) is 34.2 Å². The molecule has 3 aromatic heterocycles. The average Bonchev–Trinajstić information content (AvgIpc) is 3.72. The van der Waals surface area contributed by atoms with E-state index in [0.717, 1.165) is 27.3 Å². The fourth-order valence-electron chi connectivity index (χ4n) is 5.98. The molecule has 2 aliphatic heterocycles. The van der Waals surface area contributed by atoms with Crippen LogP contribution in [0.25, 0.3) is 33.1 Å². The Morgan fingerprint density at radius 2 is 2.00 bits per heavy atom. The molecule has 1 saturated heterocycles. The molecule has 5 heterocycles. The molecule has 0 aliphatic carbocycles. The number of aryl methyl sites for hydroxylation is 2. The lowest BCUT2D eigenvalue weighted by molar-refractivity contribution is -0.232. The smallest absolute Gasteiger partial charge is 0.416 e. The molecule has 4 aromatic rings. The first-order valence-corrected chi connectivity index (χ1v) is 13.7. The van der Waals surface area contributed by atoms with Crippen molar-refractivity contribution in [1.82, 2.24) is 29.7 Å². The third-order valence-electron chi connectivity index (χ3n) is 7.96. The quantitative estimate of drug-likeness (QED) is 0.377. The van der Waals surface area contributed by atoms with E-state index < -0.39 is 23.7 Å². The normalized spacial score (nSPS) is 19.4. The van der Waals surface area contributed by atoms with E-state index in [0.29, 0.717) is 42.2 Å². The van der Waals surface area contributed by atoms with Crippen LogP contribution in [-0.2, 0) is 20.0 Å². The number of methoxy groups -OCH3 is 1. The number of benzene rings is 1. The van der Waals surface area contributed by atoms with E-state index in [4.69, 9.17) is 4.74 Å². The molecule has 0 saturated carbocycles. The second-order valence-corrected chi connectivity index (χ2v) is 11.3. The summed E-state index contributed by atoms with van der Waals surface area (Å²) in [6.45, 7) is 1.90. The van der Waals surface area contributed by atoms with Crippen LogP contribution >= 0.6 is 11.3 Å². The van der Waals surface area contributed by atoms with Gasteiger partial charge in [-0.05, 0) is 66.6 Å². The van der Waals surface area contributed by atoms with E-state index >= 15 is 0 Å². The van der Waals surface area contributed by atoms with Crippen molar-refractivity contribution in [3.8, 4) is 38.8 Å². The van der Waals surface area contributed by atoms with Gasteiger partial charge in [-0.3, -0.25) is 4.79 Å². The number of rotatable bonds is 5. The highest BCUT2D eigenvalue weighted by molar-refractivity contribution is 7.13. The summed E-state index contributed by atoms with van der Waals surface area (Å²) in [7, 11) is 3.24. The number of ether oxygens (including phenoxy) is 1. The van der Waals surface area contributed by atoms with Crippen LogP contribution in [0.3, 0.4) is 0 Å². The Morgan fingerprint density at radius 3 is 2.65 bits per heavy atom. The van der Waals surface area contributed by atoms with Crippen LogP contribution in [0.1, 0.15) is 35.8 Å². The van der Waals surface area contributed by atoms with Gasteiger partial charge in [0.2, 0.25) is 5.82 Å². The van der Waals surface area contributed by atoms with Gasteiger partial charge in [-0.25, -0.2) is 0 Å². The van der Waals surface area contributed by atoms with E-state index in [2.05, 4.69) is 15.4 Å². The molecule has 0 unspecified atom stereocenters. The summed E-state index contributed by atoms with van der Waals surface area (Å²) < 4.78 is 48.4. The molecule has 1 amide bonds. The third kappa shape index (κ3) is 4.10. The zero-order valence-electron chi connectivity index (χ0n) is 22.1. The number of fused-ring (bicyclic) bond motifs is 3. The molecular formula is C27H27F3N6O3S. The molecule has 1 fully saturated rings. The van der Waals surface area contributed by atoms with Crippen molar-refractivity contribution in [2.45, 2.75) is 50.6 Å². The summed E-state index contributed by atoms with van der Waals surface area (Å²) in [6.07, 6.45) is -6.48. The predicted molar refractivity (Wildman–Crippen MR) is 142 cm³/mol. The highest BCUT2D eigenvalue weighted by Crippen LogP contribution is 2.46. The van der Waals surface area contributed by atoms with Gasteiger partial charge >= 0.3 is 6.18 Å². The van der Waals surface area contributed by atoms with Crippen LogP contribution in [0, 0.1) is 0 Å². The Morgan fingerprint density at radius 1 is 1.20 bits per heavy atom. The Kier molecular flexibility index (Phi) is 6.26. The molecule has 1 aromatic carbocycles. The number of aliphatic hydroxyl groups excluding tert-OH is 1. The Labute approximate surface area is 231 Å². The number of amides is 1. The van der Waals surface area contributed by atoms with Crippen molar-refractivity contribution in [2.75, 3.05) is 13.7 Å². The Balaban J connectivity index is 1.52. The van der Waals surface area contributed by atoms with Gasteiger partial charge in [0.1, 0.15) is 11.4 Å². The molecule has 9 nitrogen and oxygen atoms in total. The van der Waals surface area contributed by atoms with Gasteiger partial charge in [-0.15, -0.1) is 21.5 Å². The van der Waals surface area contributed by atoms with Gasteiger partial charge in [0.25, 0.3) is 5.91 Å². The minimum Gasteiger partial charge on any atom is -0.496 e. The number of nitrogens with zero attached hydrogens (tertiary/aromatic N) is 6. The van der Waals surface area contributed by atoms with Crippen molar-refractivity contribution in [1.29, 1.82) is 0 Å². The molecule has 13 heteroatoms. The van der Waals surface area contributed by atoms with Gasteiger partial charge in [0, 0.05) is 29.1 Å². The number of likely N-dealkylation sites (tertiary alicyclic amines) is 1. The minimum atomic E-state index is -4.85. The molecule has 210 valence electrons. The van der Waals surface area contributed by atoms with Crippen molar-refractivity contribution in [2.24, 2.45) is 7.05 Å². The van der Waals surface area contributed by atoms with E-state index in [9.17, 15) is 23.1 Å². The lowest BCUT2D eigenvalue weighted by atomic mass is 9.90. The fourth-order valence-corrected chi connectivity index (χ4v) is 6.72. The maximum absolute atomic E-state index is 14.0. The summed E-state index contributed by atoms with van der Waals surface area (Å²) in [5.41, 5.74) is 2.63. The maximum Gasteiger partial charge on any atom is 0.416 e. The molecular weight excluding hydrogens is 545 g/mol. The van der Waals surface area contributed by atoms with Crippen molar-refractivity contribution < 1.29 is 27.8 Å². The second-order valence-electron chi connectivity index (χ2n) is 10.3. The summed E-state index contributed by atoms with van der Waals surface area (Å²) in [5, 5.41) is 24.6. The lowest BCUT2D eigenvalue weighted by Gasteiger charge is -2.40. The van der Waals surface area contributed by atoms with E-state index in [-0.39, 0.29) is 13.0 Å². The van der Waals surface area contributed by atoms with Crippen LogP contribution in [0.15, 0.2) is 35.7 Å². The number of carbonyl (C=O) groups is 1. The topological polar surface area (TPSA) is 98.3 Å². The van der Waals surface area contributed by atoms with Crippen LogP contribution < -0.4 is 4.74 Å². The van der Waals surface area contributed by atoms with Gasteiger partial charge in [0.05, 0.1) is 31.0 Å². The average molecular weight is 573 g/mol. The number of aromatic nitrogens is 5. The Bertz CT molecular complexity index is 1600. The summed E-state index contributed by atoms with van der Waals surface area (Å²) in [5.74, 6) is 0.448. The number of thiophene rings is 1. The number of hydrogen-bond acceptors (Lipinski definition) is 7. The second kappa shape index (κ2) is 9.44. The van der Waals surface area contributed by atoms with Crippen LogP contribution in [0.5, 0.6) is 5.75 Å². The maximum atomic E-state index is 14.0. The molecule has 6 rings (SSSR count). The molecule has 0 spiro atoms. The molecule has 2 atom stereocenters. The van der Waals surface area contributed by atoms with E-state index in [1.54, 1.807) is 20.2 Å². The molecule has 40 heavy (non-hydrogen) atoms. The number of aliphatic hydroxyl groups is 1. The zero-order chi connectivity index (χ0) is 28.4. The first-order valence-electron chi connectivity index (χ1n) is 12.8. The van der Waals surface area contributed by atoms with Crippen LogP contribution in [-0.4, -0.2) is 72.2 Å². The fraction of sp³-hybridized carbons (Fsp3) is 0.407. The highest BCUT2D eigenvalue weighted by atomic mass is 32.1. The van der Waals surface area contributed by atoms with Gasteiger partial charge in [-0.1, -0.05) is 6.07 Å². The number of carbonyl (C=O) groups excluding carboxylic acids is 1. The highest BCUT2D eigenvalue weighted by Gasteiger charge is 2.56. The molecule has 0 radical (unpaired) electrons. The zero-order valence-corrected chi connectivity index (χ0v) is 22.9. The van der Waals surface area contributed by atoms with Gasteiger partial charge < -0.3 is 19.3 Å². The number of tetrazole rings is 1. The molecule has 2 aliphatic rings. The van der Waals surface area contributed by atoms with E-state index in [1.165, 1.54) is 28.0 Å². The SMILES string of the molecule is COc1cc2c(cc1-c1nnn(C)n1)-c1c(-c3cccs3)cc(C(=O)N3CCC[C@@]3(C)[C@@H](O)C(F)(F)F)n1CC2. The molecule has 1 N–H and O–H groups in total. The van der Waals surface area contributed by atoms with Crippen LogP contribution in [0.4, 0.5) is 13.2 Å². The van der Waals surface area contributed by atoms with Crippen molar-refractivity contribution >= 4 is 17.2 Å². The Hall–Kier alpha value is -3.71. The van der Waals surface area contributed by atoms with Crippen LogP contribution in [0.2, 0.25) is 0 Å². The van der Waals surface area contributed by atoms with Gasteiger partial charge in [-0.2, -0.15) is 18.0 Å². The minimum absolute atomic E-state index is 0.0574. The summed E-state index contributed by atoms with van der Waals surface area (Å²) in [6, 6.07) is 9.49. The van der Waals surface area contributed by atoms with Crippen molar-refractivity contribution in [3.63, 3.8) is 0 Å². The first kappa shape index (κ1) is 26.5. The molecule has 0 bridgehead atoms. The number of hydrogen-bond donors (Lipinski definition) is 1. The van der Waals surface area contributed by atoms with Gasteiger partial charge in [0.15, 0.2) is 6.10 Å². The number of halogens is 3. The summed E-state index contributed by atoms with van der Waals surface area (Å²) >= 11 is 1.51. The summed E-state index contributed by atoms with van der Waals surface area (Å²) in [4.78, 5) is 17.5. The number of alkyl halides is 3. The first-order chi connectivity index (χ1) is 19.0. The predicted octanol–water partition coefficient (Wildman–Crippen LogP) is 4.56. The third-order valence-corrected chi connectivity index (χ3v) is 8.87. The largest absolute Gasteiger partial charge is 0.496 e. The standard InChI is InChI=1S/C27H27F3N6O3S/c1-26(25(38)27(28,29)30)8-5-9-36(26)24(37)19-14-18(21-6-4-11-40-21)22-16-13-17(23-31-33-34(2)32-23)20(39-3)12-15(16)7-10-35(19)22/h4,6,11-14,25,38H,5,7-10H2,1-3H3/t25-,26+/m1/s1. The van der Waals surface area contributed by atoms with Crippen molar-refractivity contribution in [3.05, 3.63) is 47.0 Å².